The van der Waals surface area contributed by atoms with Crippen LogP contribution in [0.15, 0.2) is 11.6 Å². The highest BCUT2D eigenvalue weighted by Crippen LogP contribution is 2.73. The number of carbonyl (C=O) groups is 1. The van der Waals surface area contributed by atoms with Crippen molar-refractivity contribution in [3.8, 4) is 0 Å². The van der Waals surface area contributed by atoms with Crippen LogP contribution in [0.3, 0.4) is 0 Å². The number of aliphatic hydroxyl groups excluding tert-OH is 4. The van der Waals surface area contributed by atoms with Gasteiger partial charge in [-0.05, 0) is 117 Å². The molecule has 0 saturated heterocycles. The third-order valence-corrected chi connectivity index (χ3v) is 13.8. The van der Waals surface area contributed by atoms with Gasteiger partial charge in [0.1, 0.15) is 6.10 Å². The molecule has 1 amide bonds. The van der Waals surface area contributed by atoms with Gasteiger partial charge in [-0.3, -0.25) is 4.79 Å². The molecule has 4 aliphatic rings. The third-order valence-electron chi connectivity index (χ3n) is 13.8. The zero-order valence-electron chi connectivity index (χ0n) is 30.4. The molecule has 0 aromatic heterocycles. The molecule has 262 valence electrons. The summed E-state index contributed by atoms with van der Waals surface area (Å²) >= 11 is 0. The van der Waals surface area contributed by atoms with Crippen LogP contribution < -0.4 is 5.32 Å². The van der Waals surface area contributed by atoms with Gasteiger partial charge in [0.15, 0.2) is 6.23 Å². The van der Waals surface area contributed by atoms with Gasteiger partial charge in [0.2, 0.25) is 5.91 Å². The molecule has 3 fully saturated rings. The lowest BCUT2D eigenvalue weighted by Crippen LogP contribution is -2.63. The monoisotopic (exact) mass is 636 g/mol. The molecule has 11 atom stereocenters. The summed E-state index contributed by atoms with van der Waals surface area (Å²) in [5, 5.41) is 43.3. The summed E-state index contributed by atoms with van der Waals surface area (Å²) < 4.78 is 5.77. The van der Waals surface area contributed by atoms with E-state index in [2.05, 4.69) is 59.9 Å². The highest BCUT2D eigenvalue weighted by molar-refractivity contribution is 5.84. The second-order valence-corrected chi connectivity index (χ2v) is 16.6. The number of ether oxygens (including phenoxy) is 1. The molecule has 0 aromatic rings. The standard InChI is InChI=1S/C36H63NO6.C2H6/c1-9-25(41)13-14-33(6)23(2)12-15-35(8)29(33)11-10-26-27-20-32(4,5)16-18-36(27,19-17-34(26,35)7)31(42)37-30(22-39)43-28(21-38)24(3)40;1-2/h10,23-25,27-30,38-41H,9,11-22H2,1-8H3,(H,37,42);1-2H3/t23?,24?,25?,27?,28?,29?,30?,33?,34-,35?,36?;/m1./s1. The molecular formula is C38H69NO6. The van der Waals surface area contributed by atoms with E-state index in [0.29, 0.717) is 11.8 Å². The predicted octanol–water partition coefficient (Wildman–Crippen LogP) is 6.76. The summed E-state index contributed by atoms with van der Waals surface area (Å²) in [5.74, 6) is 1.18. The van der Waals surface area contributed by atoms with E-state index in [1.165, 1.54) is 25.3 Å². The highest BCUT2D eigenvalue weighted by Gasteiger charge is 2.66. The van der Waals surface area contributed by atoms with E-state index >= 15 is 0 Å². The first-order valence-corrected chi connectivity index (χ1v) is 18.3. The first kappa shape index (κ1) is 38.5. The lowest BCUT2D eigenvalue weighted by molar-refractivity contribution is -0.167. The van der Waals surface area contributed by atoms with E-state index < -0.39 is 37.1 Å². The Kier molecular flexibility index (Phi) is 12.5. The van der Waals surface area contributed by atoms with Gasteiger partial charge in [-0.15, -0.1) is 0 Å². The first-order valence-electron chi connectivity index (χ1n) is 18.3. The molecular weight excluding hydrogens is 566 g/mol. The minimum absolute atomic E-state index is 0.0102. The molecule has 7 heteroatoms. The van der Waals surface area contributed by atoms with Gasteiger partial charge in [0.05, 0.1) is 30.8 Å². The average molecular weight is 636 g/mol. The van der Waals surface area contributed by atoms with Crippen LogP contribution in [0.2, 0.25) is 0 Å². The van der Waals surface area contributed by atoms with Gasteiger partial charge >= 0.3 is 0 Å². The first-order chi connectivity index (χ1) is 21.0. The molecule has 0 bridgehead atoms. The van der Waals surface area contributed by atoms with Crippen molar-refractivity contribution in [1.29, 1.82) is 0 Å². The fourth-order valence-corrected chi connectivity index (χ4v) is 10.2. The normalized spacial score (nSPS) is 39.8. The number of hydrogen-bond acceptors (Lipinski definition) is 6. The lowest BCUT2D eigenvalue weighted by atomic mass is 9.35. The van der Waals surface area contributed by atoms with Crippen LogP contribution in [-0.4, -0.2) is 64.1 Å². The van der Waals surface area contributed by atoms with Crippen LogP contribution in [0.25, 0.3) is 0 Å². The van der Waals surface area contributed by atoms with Crippen LogP contribution in [-0.2, 0) is 9.53 Å². The van der Waals surface area contributed by atoms with Crippen LogP contribution >= 0.6 is 0 Å². The Morgan fingerprint density at radius 2 is 1.67 bits per heavy atom. The van der Waals surface area contributed by atoms with E-state index in [4.69, 9.17) is 4.74 Å². The number of carbonyl (C=O) groups excluding carboxylic acids is 1. The molecule has 0 radical (unpaired) electrons. The van der Waals surface area contributed by atoms with Gasteiger partial charge in [0, 0.05) is 0 Å². The van der Waals surface area contributed by atoms with Crippen LogP contribution in [0.1, 0.15) is 140 Å². The Hall–Kier alpha value is -0.990. The van der Waals surface area contributed by atoms with Gasteiger partial charge in [0.25, 0.3) is 0 Å². The average Bonchev–Trinajstić information content (AvgIpc) is 3.01. The second-order valence-electron chi connectivity index (χ2n) is 16.6. The van der Waals surface area contributed by atoms with Crippen molar-refractivity contribution >= 4 is 5.91 Å². The van der Waals surface area contributed by atoms with E-state index in [0.717, 1.165) is 57.8 Å². The minimum atomic E-state index is -0.987. The third kappa shape index (κ3) is 6.95. The fraction of sp³-hybridized carbons (Fsp3) is 0.921. The predicted molar refractivity (Wildman–Crippen MR) is 181 cm³/mol. The fourth-order valence-electron chi connectivity index (χ4n) is 10.2. The highest BCUT2D eigenvalue weighted by atomic mass is 16.5. The van der Waals surface area contributed by atoms with Gasteiger partial charge in [-0.25, -0.2) is 0 Å². The number of allylic oxidation sites excluding steroid dienone is 2. The molecule has 5 N–H and O–H groups in total. The molecule has 0 aromatic carbocycles. The topological polar surface area (TPSA) is 119 Å². The van der Waals surface area contributed by atoms with Gasteiger partial charge in [-0.2, -0.15) is 0 Å². The van der Waals surface area contributed by atoms with Gasteiger partial charge < -0.3 is 30.5 Å². The smallest absolute Gasteiger partial charge is 0.228 e. The summed E-state index contributed by atoms with van der Waals surface area (Å²) in [6, 6.07) is 0. The van der Waals surface area contributed by atoms with Crippen molar-refractivity contribution in [2.75, 3.05) is 13.2 Å². The van der Waals surface area contributed by atoms with E-state index in [9.17, 15) is 25.2 Å². The SMILES string of the molecule is CC.CCC(O)CCC1(C)C(C)CCC2(C)C1CC=C1C3CC(C)(C)CCC3(C(=O)NC(CO)OC(CO)C(C)O)CC[C@]12C. The van der Waals surface area contributed by atoms with Crippen molar-refractivity contribution in [3.63, 3.8) is 0 Å². The molecule has 0 aliphatic heterocycles. The number of rotatable bonds is 11. The zero-order chi connectivity index (χ0) is 34.0. The molecule has 4 aliphatic carbocycles. The maximum Gasteiger partial charge on any atom is 0.228 e. The molecule has 45 heavy (non-hydrogen) atoms. The maximum absolute atomic E-state index is 14.4. The Morgan fingerprint density at radius 1 is 1.02 bits per heavy atom. The quantitative estimate of drug-likeness (QED) is 0.126. The molecule has 3 saturated carbocycles. The minimum Gasteiger partial charge on any atom is -0.394 e. The Morgan fingerprint density at radius 3 is 2.24 bits per heavy atom. The van der Waals surface area contributed by atoms with Crippen molar-refractivity contribution < 1.29 is 30.0 Å². The van der Waals surface area contributed by atoms with Crippen LogP contribution in [0.5, 0.6) is 0 Å². The van der Waals surface area contributed by atoms with Crippen molar-refractivity contribution in [3.05, 3.63) is 11.6 Å². The summed E-state index contributed by atoms with van der Waals surface area (Å²) in [6.45, 7) is 21.4. The Balaban J connectivity index is 0.00000271. The van der Waals surface area contributed by atoms with Crippen molar-refractivity contribution in [2.45, 2.75) is 164 Å². The number of fused-ring (bicyclic) bond motifs is 5. The summed E-state index contributed by atoms with van der Waals surface area (Å²) in [5.41, 5.74) is 1.29. The van der Waals surface area contributed by atoms with Crippen LogP contribution in [0.4, 0.5) is 0 Å². The number of amides is 1. The lowest BCUT2D eigenvalue weighted by Gasteiger charge is -2.69. The summed E-state index contributed by atoms with van der Waals surface area (Å²) in [4.78, 5) is 14.4. The van der Waals surface area contributed by atoms with E-state index in [-0.39, 0.29) is 39.6 Å². The molecule has 10 unspecified atom stereocenters. The number of hydrogen-bond donors (Lipinski definition) is 5. The van der Waals surface area contributed by atoms with E-state index in [1.54, 1.807) is 0 Å². The molecule has 0 heterocycles. The molecule has 4 rings (SSSR count). The number of aliphatic hydroxyl groups is 4. The summed E-state index contributed by atoms with van der Waals surface area (Å²) in [6.07, 6.45) is 10.1. The summed E-state index contributed by atoms with van der Waals surface area (Å²) in [7, 11) is 0. The van der Waals surface area contributed by atoms with Crippen molar-refractivity contribution in [2.24, 2.45) is 44.8 Å². The number of nitrogens with one attached hydrogen (secondary N) is 1. The van der Waals surface area contributed by atoms with Crippen LogP contribution in [0, 0.1) is 44.8 Å². The Labute approximate surface area is 275 Å². The largest absolute Gasteiger partial charge is 0.394 e. The molecule has 7 nitrogen and oxygen atoms in total. The van der Waals surface area contributed by atoms with Gasteiger partial charge in [-0.1, -0.05) is 74.0 Å². The van der Waals surface area contributed by atoms with Crippen molar-refractivity contribution in [1.82, 2.24) is 5.32 Å². The molecule has 0 spiro atoms. The second kappa shape index (κ2) is 14.6. The zero-order valence-corrected chi connectivity index (χ0v) is 30.4. The van der Waals surface area contributed by atoms with E-state index in [1.807, 2.05) is 13.8 Å². The maximum atomic E-state index is 14.4. The Bertz CT molecular complexity index is 1030.